The highest BCUT2D eigenvalue weighted by Crippen LogP contribution is 2.52. The van der Waals surface area contributed by atoms with Crippen molar-refractivity contribution in [2.24, 2.45) is 23.7 Å². The van der Waals surface area contributed by atoms with Gasteiger partial charge in [-0.25, -0.2) is 0 Å². The van der Waals surface area contributed by atoms with Gasteiger partial charge in [0.05, 0.1) is 0 Å². The zero-order valence-corrected chi connectivity index (χ0v) is 7.22. The lowest BCUT2D eigenvalue weighted by atomic mass is 9.57. The normalized spacial score (nSPS) is 53.0. The van der Waals surface area contributed by atoms with E-state index in [1.54, 1.807) is 12.0 Å². The Morgan fingerprint density at radius 3 is 2.91 bits per heavy atom. The molecule has 4 aliphatic carbocycles. The molecule has 60 valence electrons. The van der Waals surface area contributed by atoms with Gasteiger partial charge in [-0.1, -0.05) is 18.6 Å². The third-order valence-corrected chi connectivity index (χ3v) is 4.19. The highest BCUT2D eigenvalue weighted by atomic mass is 14.5. The zero-order chi connectivity index (χ0) is 7.42. The molecule has 0 heteroatoms. The Morgan fingerprint density at radius 2 is 2.18 bits per heavy atom. The van der Waals surface area contributed by atoms with Gasteiger partial charge >= 0.3 is 0 Å². The van der Waals surface area contributed by atoms with Crippen molar-refractivity contribution in [1.29, 1.82) is 0 Å². The predicted molar refractivity (Wildman–Crippen MR) is 46.2 cm³/mol. The molecular formula is C11H16. The zero-order valence-electron chi connectivity index (χ0n) is 7.22. The standard InChI is InChI=1S/C11H16/c1-7-10-3-8-2-9(5-10)6-11(7)4-8/h3,7,9-11H,2,4-6H2,1H3. The van der Waals surface area contributed by atoms with E-state index in [1.807, 2.05) is 0 Å². The molecule has 0 aromatic heterocycles. The first-order chi connectivity index (χ1) is 5.33. The molecule has 0 radical (unpaired) electrons. The van der Waals surface area contributed by atoms with E-state index in [1.165, 1.54) is 19.3 Å². The van der Waals surface area contributed by atoms with E-state index in [9.17, 15) is 0 Å². The summed E-state index contributed by atoms with van der Waals surface area (Å²) in [5, 5.41) is 0. The second-order valence-electron chi connectivity index (χ2n) is 4.85. The molecule has 4 aliphatic rings. The summed E-state index contributed by atoms with van der Waals surface area (Å²) in [6.07, 6.45) is 8.57. The first kappa shape index (κ1) is 6.28. The van der Waals surface area contributed by atoms with Crippen LogP contribution in [0.5, 0.6) is 0 Å². The van der Waals surface area contributed by atoms with Gasteiger partial charge < -0.3 is 0 Å². The van der Waals surface area contributed by atoms with Crippen molar-refractivity contribution >= 4 is 0 Å². The molecule has 0 saturated heterocycles. The van der Waals surface area contributed by atoms with E-state index in [0.29, 0.717) is 0 Å². The highest BCUT2D eigenvalue weighted by Gasteiger charge is 2.41. The molecule has 0 nitrogen and oxygen atoms in total. The smallest absolute Gasteiger partial charge is 0.0200 e. The quantitative estimate of drug-likeness (QED) is 0.463. The Hall–Kier alpha value is -0.260. The van der Waals surface area contributed by atoms with Crippen molar-refractivity contribution in [2.75, 3.05) is 0 Å². The van der Waals surface area contributed by atoms with Gasteiger partial charge in [0.15, 0.2) is 0 Å². The molecule has 4 bridgehead atoms. The van der Waals surface area contributed by atoms with Crippen molar-refractivity contribution in [2.45, 2.75) is 32.6 Å². The number of allylic oxidation sites excluding steroid dienone is 2. The lowest BCUT2D eigenvalue weighted by molar-refractivity contribution is 0.101. The summed E-state index contributed by atoms with van der Waals surface area (Å²) >= 11 is 0. The van der Waals surface area contributed by atoms with E-state index < -0.39 is 0 Å². The average Bonchev–Trinajstić information content (AvgIpc) is 1.98. The molecule has 2 fully saturated rings. The Balaban J connectivity index is 2.03. The Kier molecular flexibility index (Phi) is 1.09. The lowest BCUT2D eigenvalue weighted by Gasteiger charge is -2.48. The second kappa shape index (κ2) is 1.91. The van der Waals surface area contributed by atoms with Gasteiger partial charge in [-0.05, 0) is 49.4 Å². The van der Waals surface area contributed by atoms with E-state index in [-0.39, 0.29) is 0 Å². The molecule has 4 atom stereocenters. The number of rotatable bonds is 0. The number of hydrogen-bond acceptors (Lipinski definition) is 0. The molecule has 0 N–H and O–H groups in total. The Bertz CT molecular complexity index is 214. The molecule has 11 heavy (non-hydrogen) atoms. The molecule has 4 rings (SSSR count). The van der Waals surface area contributed by atoms with Crippen molar-refractivity contribution in [3.05, 3.63) is 11.6 Å². The lowest BCUT2D eigenvalue weighted by Crippen LogP contribution is -2.38. The van der Waals surface area contributed by atoms with E-state index >= 15 is 0 Å². The third-order valence-electron chi connectivity index (χ3n) is 4.19. The van der Waals surface area contributed by atoms with Gasteiger partial charge in [0, 0.05) is 0 Å². The van der Waals surface area contributed by atoms with Crippen LogP contribution in [0.4, 0.5) is 0 Å². The molecule has 0 aromatic carbocycles. The van der Waals surface area contributed by atoms with Gasteiger partial charge in [-0.3, -0.25) is 0 Å². The van der Waals surface area contributed by atoms with Crippen LogP contribution in [0.25, 0.3) is 0 Å². The topological polar surface area (TPSA) is 0 Å². The van der Waals surface area contributed by atoms with Crippen LogP contribution in [-0.4, -0.2) is 0 Å². The minimum absolute atomic E-state index is 0.983. The van der Waals surface area contributed by atoms with Gasteiger partial charge in [0.25, 0.3) is 0 Å². The fourth-order valence-electron chi connectivity index (χ4n) is 3.57. The highest BCUT2D eigenvalue weighted by molar-refractivity contribution is 5.19. The molecule has 0 spiro atoms. The van der Waals surface area contributed by atoms with Crippen LogP contribution < -0.4 is 0 Å². The maximum atomic E-state index is 2.59. The van der Waals surface area contributed by atoms with Crippen LogP contribution in [0.1, 0.15) is 32.6 Å². The summed E-state index contributed by atoms with van der Waals surface area (Å²) in [5.74, 6) is 4.16. The SMILES string of the molecule is CC1C2C=C3CC(C2)CC1C3. The van der Waals surface area contributed by atoms with Crippen LogP contribution >= 0.6 is 0 Å². The molecule has 2 saturated carbocycles. The summed E-state index contributed by atoms with van der Waals surface area (Å²) in [6.45, 7) is 2.46. The predicted octanol–water partition coefficient (Wildman–Crippen LogP) is 3.00. The van der Waals surface area contributed by atoms with Gasteiger partial charge in [0.1, 0.15) is 0 Å². The van der Waals surface area contributed by atoms with Gasteiger partial charge in [0.2, 0.25) is 0 Å². The summed E-state index contributed by atoms with van der Waals surface area (Å²) in [4.78, 5) is 0. The largest absolute Gasteiger partial charge is 0.0819 e. The summed E-state index contributed by atoms with van der Waals surface area (Å²) in [7, 11) is 0. The van der Waals surface area contributed by atoms with Crippen LogP contribution in [-0.2, 0) is 0 Å². The number of hydrogen-bond donors (Lipinski definition) is 0. The molecule has 4 unspecified atom stereocenters. The Labute approximate surface area is 68.7 Å². The van der Waals surface area contributed by atoms with Crippen LogP contribution in [0, 0.1) is 23.7 Å². The fourth-order valence-corrected chi connectivity index (χ4v) is 3.57. The van der Waals surface area contributed by atoms with Crippen molar-refractivity contribution in [3.8, 4) is 0 Å². The third kappa shape index (κ3) is 0.758. The summed E-state index contributed by atoms with van der Waals surface area (Å²) in [5.41, 5.74) is 1.81. The average molecular weight is 148 g/mol. The van der Waals surface area contributed by atoms with E-state index in [0.717, 1.165) is 23.7 Å². The maximum absolute atomic E-state index is 2.59. The van der Waals surface area contributed by atoms with E-state index in [4.69, 9.17) is 0 Å². The molecule has 0 heterocycles. The first-order valence-corrected chi connectivity index (χ1v) is 5.02. The van der Waals surface area contributed by atoms with E-state index in [2.05, 4.69) is 13.0 Å². The second-order valence-corrected chi connectivity index (χ2v) is 4.85. The first-order valence-electron chi connectivity index (χ1n) is 5.02. The van der Waals surface area contributed by atoms with Gasteiger partial charge in [-0.2, -0.15) is 0 Å². The minimum Gasteiger partial charge on any atom is -0.0819 e. The van der Waals surface area contributed by atoms with Crippen molar-refractivity contribution in [1.82, 2.24) is 0 Å². The van der Waals surface area contributed by atoms with Gasteiger partial charge in [-0.15, -0.1) is 0 Å². The molecular weight excluding hydrogens is 132 g/mol. The van der Waals surface area contributed by atoms with Crippen molar-refractivity contribution in [3.63, 3.8) is 0 Å². The minimum atomic E-state index is 0.983. The molecule has 0 aromatic rings. The van der Waals surface area contributed by atoms with Crippen LogP contribution in [0.2, 0.25) is 0 Å². The summed E-state index contributed by atoms with van der Waals surface area (Å²) in [6, 6.07) is 0. The van der Waals surface area contributed by atoms with Crippen LogP contribution in [0.15, 0.2) is 11.6 Å². The Morgan fingerprint density at radius 1 is 1.27 bits per heavy atom. The van der Waals surface area contributed by atoms with Crippen LogP contribution in [0.3, 0.4) is 0 Å². The maximum Gasteiger partial charge on any atom is -0.0200 e. The molecule has 0 aliphatic heterocycles. The summed E-state index contributed by atoms with van der Waals surface area (Å²) < 4.78 is 0. The fraction of sp³-hybridized carbons (Fsp3) is 0.818. The monoisotopic (exact) mass is 148 g/mol. The van der Waals surface area contributed by atoms with Crippen molar-refractivity contribution < 1.29 is 0 Å². The molecule has 0 amide bonds.